The molecule has 6 rings (SSSR count). The van der Waals surface area contributed by atoms with Gasteiger partial charge in [0.1, 0.15) is 29.3 Å². The number of carboxylic acid groups (broad SMARTS) is 1. The number of carboxylic acids is 1. The molecule has 2 N–H and O–H groups in total. The highest BCUT2D eigenvalue weighted by Crippen LogP contribution is 2.50. The van der Waals surface area contributed by atoms with Gasteiger partial charge in [-0.2, -0.15) is 0 Å². The number of nitrogens with zero attached hydrogens (tertiary/aromatic N) is 1. The van der Waals surface area contributed by atoms with Gasteiger partial charge in [0.2, 0.25) is 0 Å². The maximum Gasteiger partial charge on any atom is 0.339 e. The average Bonchev–Trinajstić information content (AvgIpc) is 3.43. The number of H-pyrrole nitrogens is 1. The lowest BCUT2D eigenvalue weighted by Crippen LogP contribution is -2.58. The van der Waals surface area contributed by atoms with Gasteiger partial charge in [0.05, 0.1) is 33.3 Å². The number of benzene rings is 2. The van der Waals surface area contributed by atoms with Crippen molar-refractivity contribution in [1.29, 1.82) is 0 Å². The standard InChI is InChI=1S/C34H38N2O9/c1-41-20-7-9-21-22-11-12-36-17-19-14-28(45-29(37)10-6-18-5-8-23(33(38)39)27(13-18)42-2)32(43-3)30(34(40)44-4)24(19)16-26(36)31(22)35-25(21)15-20/h5-10,13,15,19,24,26,28,30,32,35H,11-12,14,16-17H2,1-4H3,(H,38,39)/b10-6+/t19-,24+,26-,28-,30+,32+/m1/s1. The van der Waals surface area contributed by atoms with E-state index in [1.165, 1.54) is 62.3 Å². The second-order valence-corrected chi connectivity index (χ2v) is 11.9. The van der Waals surface area contributed by atoms with Crippen LogP contribution in [-0.2, 0) is 30.2 Å². The number of rotatable bonds is 8. The van der Waals surface area contributed by atoms with E-state index in [1.54, 1.807) is 13.2 Å². The molecule has 0 amide bonds. The molecule has 11 nitrogen and oxygen atoms in total. The van der Waals surface area contributed by atoms with E-state index in [2.05, 4.69) is 16.0 Å². The average molecular weight is 619 g/mol. The predicted molar refractivity (Wildman–Crippen MR) is 164 cm³/mol. The first-order chi connectivity index (χ1) is 21.8. The Morgan fingerprint density at radius 3 is 2.56 bits per heavy atom. The maximum atomic E-state index is 13.3. The summed E-state index contributed by atoms with van der Waals surface area (Å²) >= 11 is 0. The fourth-order valence-corrected chi connectivity index (χ4v) is 7.70. The third kappa shape index (κ3) is 5.66. The Balaban J connectivity index is 1.23. The highest BCUT2D eigenvalue weighted by atomic mass is 16.6. The number of aromatic carboxylic acids is 1. The van der Waals surface area contributed by atoms with Crippen LogP contribution in [-0.4, -0.2) is 86.6 Å². The smallest absolute Gasteiger partial charge is 0.339 e. The molecule has 6 atom stereocenters. The van der Waals surface area contributed by atoms with E-state index in [0.717, 1.165) is 37.2 Å². The van der Waals surface area contributed by atoms with Gasteiger partial charge in [-0.3, -0.25) is 9.69 Å². The number of hydrogen-bond donors (Lipinski definition) is 2. The number of aromatic nitrogens is 1. The van der Waals surface area contributed by atoms with E-state index >= 15 is 0 Å². The molecule has 1 aromatic heterocycles. The predicted octanol–water partition coefficient (Wildman–Crippen LogP) is 4.25. The Morgan fingerprint density at radius 2 is 1.84 bits per heavy atom. The second-order valence-electron chi connectivity index (χ2n) is 11.9. The Bertz CT molecular complexity index is 1650. The van der Waals surface area contributed by atoms with Crippen LogP contribution in [0.1, 0.15) is 46.1 Å². The van der Waals surface area contributed by atoms with Gasteiger partial charge in [-0.25, -0.2) is 9.59 Å². The fourth-order valence-electron chi connectivity index (χ4n) is 7.70. The Kier molecular flexibility index (Phi) is 8.56. The monoisotopic (exact) mass is 618 g/mol. The molecule has 0 bridgehead atoms. The summed E-state index contributed by atoms with van der Waals surface area (Å²) in [6, 6.07) is 10.8. The first-order valence-corrected chi connectivity index (χ1v) is 15.1. The Morgan fingerprint density at radius 1 is 1.02 bits per heavy atom. The number of aromatic amines is 1. The number of ether oxygens (including phenoxy) is 5. The lowest BCUT2D eigenvalue weighted by Gasteiger charge is -2.52. The minimum Gasteiger partial charge on any atom is -0.497 e. The molecule has 0 unspecified atom stereocenters. The molecule has 0 spiro atoms. The molecule has 3 aromatic rings. The first-order valence-electron chi connectivity index (χ1n) is 15.1. The van der Waals surface area contributed by atoms with Gasteiger partial charge in [-0.15, -0.1) is 0 Å². The summed E-state index contributed by atoms with van der Waals surface area (Å²) in [6.45, 7) is 1.66. The normalized spacial score (nSPS) is 26.0. The lowest BCUT2D eigenvalue weighted by atomic mass is 9.63. The highest BCUT2D eigenvalue weighted by molar-refractivity contribution is 5.92. The van der Waals surface area contributed by atoms with Crippen molar-refractivity contribution in [2.45, 2.75) is 37.5 Å². The molecule has 238 valence electrons. The van der Waals surface area contributed by atoms with Gasteiger partial charge in [0, 0.05) is 48.9 Å². The number of methoxy groups -OCH3 is 4. The summed E-state index contributed by atoms with van der Waals surface area (Å²) in [4.78, 5) is 43.9. The largest absolute Gasteiger partial charge is 0.497 e. The van der Waals surface area contributed by atoms with Crippen LogP contribution < -0.4 is 9.47 Å². The number of nitrogens with one attached hydrogen (secondary N) is 1. The van der Waals surface area contributed by atoms with Gasteiger partial charge in [0.25, 0.3) is 0 Å². The van der Waals surface area contributed by atoms with Crippen molar-refractivity contribution in [3.05, 3.63) is 64.9 Å². The van der Waals surface area contributed by atoms with Crippen LogP contribution in [0.3, 0.4) is 0 Å². The zero-order chi connectivity index (χ0) is 31.8. The SMILES string of the molecule is COC(=O)[C@H]1[C@H]2C[C@@H]3c4[nH]c5cc(OC)ccc5c4CCN3C[C@H]2C[C@@H](OC(=O)/C=C/c2ccc(C(=O)O)c(OC)c2)[C@@H]1OC. The van der Waals surface area contributed by atoms with Crippen LogP contribution in [0.2, 0.25) is 0 Å². The number of carbonyl (C=O) groups is 3. The van der Waals surface area contributed by atoms with E-state index in [1.807, 2.05) is 12.1 Å². The second kappa shape index (κ2) is 12.6. The molecule has 45 heavy (non-hydrogen) atoms. The van der Waals surface area contributed by atoms with E-state index < -0.39 is 30.1 Å². The van der Waals surface area contributed by atoms with E-state index in [4.69, 9.17) is 23.7 Å². The molecule has 2 aromatic carbocycles. The topological polar surface area (TPSA) is 137 Å². The third-order valence-corrected chi connectivity index (χ3v) is 9.74. The van der Waals surface area contributed by atoms with E-state index in [-0.39, 0.29) is 35.2 Å². The lowest BCUT2D eigenvalue weighted by molar-refractivity contribution is -0.187. The number of hydrogen-bond acceptors (Lipinski definition) is 9. The quantitative estimate of drug-likeness (QED) is 0.279. The summed E-state index contributed by atoms with van der Waals surface area (Å²) in [5, 5.41) is 10.5. The van der Waals surface area contributed by atoms with Crippen molar-refractivity contribution in [1.82, 2.24) is 9.88 Å². The zero-order valence-corrected chi connectivity index (χ0v) is 25.8. The minimum atomic E-state index is -1.11. The van der Waals surface area contributed by atoms with Gasteiger partial charge in [0.15, 0.2) is 0 Å². The maximum absolute atomic E-state index is 13.3. The summed E-state index contributed by atoms with van der Waals surface area (Å²) in [7, 11) is 5.96. The van der Waals surface area contributed by atoms with Crippen molar-refractivity contribution < 1.29 is 43.2 Å². The molecule has 2 aliphatic heterocycles. The van der Waals surface area contributed by atoms with Crippen LogP contribution in [0.25, 0.3) is 17.0 Å². The Hall–Kier alpha value is -4.35. The molecular formula is C34H38N2O9. The third-order valence-electron chi connectivity index (χ3n) is 9.74. The van der Waals surface area contributed by atoms with Crippen LogP contribution >= 0.6 is 0 Å². The van der Waals surface area contributed by atoms with Crippen molar-refractivity contribution in [2.24, 2.45) is 17.8 Å². The molecule has 11 heteroatoms. The summed E-state index contributed by atoms with van der Waals surface area (Å²) in [5.41, 5.74) is 4.14. The van der Waals surface area contributed by atoms with Gasteiger partial charge in [-0.05, 0) is 72.6 Å². The number of esters is 2. The number of carbonyl (C=O) groups excluding carboxylic acids is 2. The molecule has 2 fully saturated rings. The summed E-state index contributed by atoms with van der Waals surface area (Å²) < 4.78 is 27.7. The molecular weight excluding hydrogens is 580 g/mol. The van der Waals surface area contributed by atoms with Crippen molar-refractivity contribution in [3.63, 3.8) is 0 Å². The number of fused-ring (bicyclic) bond motifs is 6. The zero-order valence-electron chi connectivity index (χ0n) is 25.8. The van der Waals surface area contributed by atoms with E-state index in [9.17, 15) is 19.5 Å². The van der Waals surface area contributed by atoms with E-state index in [0.29, 0.717) is 12.0 Å². The Labute approximate surface area is 261 Å². The summed E-state index contributed by atoms with van der Waals surface area (Å²) in [6.07, 6.45) is 3.71. The van der Waals surface area contributed by atoms with Crippen LogP contribution in [0.15, 0.2) is 42.5 Å². The molecule has 1 aliphatic carbocycles. The molecule has 3 heterocycles. The van der Waals surface area contributed by atoms with Gasteiger partial charge >= 0.3 is 17.9 Å². The molecule has 0 radical (unpaired) electrons. The fraction of sp³-hybridized carbons (Fsp3) is 0.441. The molecule has 1 saturated heterocycles. The minimum absolute atomic E-state index is 0.0233. The van der Waals surface area contributed by atoms with Crippen molar-refractivity contribution in [2.75, 3.05) is 41.5 Å². The molecule has 3 aliphatic rings. The molecule has 1 saturated carbocycles. The van der Waals surface area contributed by atoms with Gasteiger partial charge < -0.3 is 33.8 Å². The van der Waals surface area contributed by atoms with Crippen LogP contribution in [0.4, 0.5) is 0 Å². The van der Waals surface area contributed by atoms with Crippen LogP contribution in [0.5, 0.6) is 11.5 Å². The van der Waals surface area contributed by atoms with Crippen molar-refractivity contribution >= 4 is 34.9 Å². The highest BCUT2D eigenvalue weighted by Gasteiger charge is 2.54. The van der Waals surface area contributed by atoms with Crippen molar-refractivity contribution in [3.8, 4) is 11.5 Å². The van der Waals surface area contributed by atoms with Gasteiger partial charge in [-0.1, -0.05) is 6.07 Å². The summed E-state index contributed by atoms with van der Waals surface area (Å²) in [5.74, 6) is -1.62. The first kappa shape index (κ1) is 30.7. The number of piperidine rings is 1. The van der Waals surface area contributed by atoms with Crippen LogP contribution in [0, 0.1) is 17.8 Å².